The van der Waals surface area contributed by atoms with Gasteiger partial charge in [-0.2, -0.15) is 4.37 Å². The van der Waals surface area contributed by atoms with E-state index in [0.717, 1.165) is 27.3 Å². The van der Waals surface area contributed by atoms with E-state index in [0.29, 0.717) is 17.5 Å². The Labute approximate surface area is 127 Å². The molecular weight excluding hydrogens is 314 g/mol. The average Bonchev–Trinajstić information content (AvgIpc) is 3.13. The minimum Gasteiger partial charge on any atom is -0.415 e. The highest BCUT2D eigenvalue weighted by atomic mass is 32.2. The molecule has 20 heavy (non-hydrogen) atoms. The van der Waals surface area contributed by atoms with Gasteiger partial charge in [-0.3, -0.25) is 0 Å². The molecule has 0 unspecified atom stereocenters. The number of hydrogen-bond donors (Lipinski definition) is 0. The van der Waals surface area contributed by atoms with Gasteiger partial charge in [0, 0.05) is 23.6 Å². The Balaban J connectivity index is 1.67. The van der Waals surface area contributed by atoms with E-state index in [2.05, 4.69) is 24.5 Å². The molecule has 0 aliphatic heterocycles. The van der Waals surface area contributed by atoms with Crippen molar-refractivity contribution >= 4 is 34.6 Å². The summed E-state index contributed by atoms with van der Waals surface area (Å²) in [7, 11) is 0. The van der Waals surface area contributed by atoms with Crippen LogP contribution in [0, 0.1) is 6.92 Å². The monoisotopic (exact) mass is 325 g/mol. The summed E-state index contributed by atoms with van der Waals surface area (Å²) in [4.78, 5) is 8.73. The lowest BCUT2D eigenvalue weighted by Crippen LogP contribution is -1.88. The summed E-state index contributed by atoms with van der Waals surface area (Å²) >= 11 is 4.31. The molecule has 0 aromatic carbocycles. The van der Waals surface area contributed by atoms with Crippen LogP contribution in [0.1, 0.15) is 29.3 Å². The van der Waals surface area contributed by atoms with Crippen molar-refractivity contribution in [3.63, 3.8) is 0 Å². The Morgan fingerprint density at radius 2 is 2.20 bits per heavy atom. The number of aryl methyl sites for hydroxylation is 2. The summed E-state index contributed by atoms with van der Waals surface area (Å²) in [6, 6.07) is 0. The van der Waals surface area contributed by atoms with Gasteiger partial charge in [0.1, 0.15) is 5.82 Å². The van der Waals surface area contributed by atoms with Crippen molar-refractivity contribution < 1.29 is 4.42 Å². The van der Waals surface area contributed by atoms with Gasteiger partial charge in [0.15, 0.2) is 4.34 Å². The van der Waals surface area contributed by atoms with E-state index in [1.54, 1.807) is 11.3 Å². The van der Waals surface area contributed by atoms with Crippen molar-refractivity contribution in [1.82, 2.24) is 24.5 Å². The molecule has 3 aromatic heterocycles. The zero-order valence-electron chi connectivity index (χ0n) is 10.9. The fraction of sp³-hybridized carbons (Fsp3) is 0.364. The molecule has 0 aliphatic rings. The van der Waals surface area contributed by atoms with Gasteiger partial charge in [-0.05, 0) is 18.5 Å². The maximum atomic E-state index is 5.59. The van der Waals surface area contributed by atoms with Crippen LogP contribution in [-0.4, -0.2) is 24.5 Å². The normalized spacial score (nSPS) is 11.1. The quantitative estimate of drug-likeness (QED) is 0.713. The van der Waals surface area contributed by atoms with E-state index >= 15 is 0 Å². The van der Waals surface area contributed by atoms with Crippen molar-refractivity contribution in [2.75, 3.05) is 0 Å². The van der Waals surface area contributed by atoms with Gasteiger partial charge in [-0.25, -0.2) is 9.97 Å². The highest BCUT2D eigenvalue weighted by molar-refractivity contribution is 8.00. The van der Waals surface area contributed by atoms with Crippen molar-refractivity contribution in [3.05, 3.63) is 27.8 Å². The molecule has 0 saturated carbocycles. The third-order valence-corrected chi connectivity index (χ3v) is 4.84. The second kappa shape index (κ2) is 5.98. The average molecular weight is 325 g/mol. The predicted octanol–water partition coefficient (Wildman–Crippen LogP) is 2.99. The smallest absolute Gasteiger partial charge is 0.283 e. The minimum absolute atomic E-state index is 0.491. The van der Waals surface area contributed by atoms with Crippen LogP contribution in [0.5, 0.6) is 0 Å². The fourth-order valence-corrected chi connectivity index (χ4v) is 3.60. The first kappa shape index (κ1) is 13.7. The summed E-state index contributed by atoms with van der Waals surface area (Å²) < 4.78 is 10.6. The first-order valence-corrected chi connectivity index (χ1v) is 8.43. The van der Waals surface area contributed by atoms with Gasteiger partial charge in [0.05, 0.1) is 17.1 Å². The molecule has 3 aromatic rings. The molecule has 0 bridgehead atoms. The van der Waals surface area contributed by atoms with E-state index in [1.165, 1.54) is 23.3 Å². The Morgan fingerprint density at radius 1 is 1.30 bits per heavy atom. The summed E-state index contributed by atoms with van der Waals surface area (Å²) in [5.74, 6) is 1.41. The van der Waals surface area contributed by atoms with Crippen LogP contribution < -0.4 is 0 Å². The largest absolute Gasteiger partial charge is 0.415 e. The lowest BCUT2D eigenvalue weighted by Gasteiger charge is -1.89. The molecule has 3 rings (SSSR count). The molecule has 0 radical (unpaired) electrons. The molecular formula is C11H11N5OS3. The van der Waals surface area contributed by atoms with E-state index < -0.39 is 0 Å². The highest BCUT2D eigenvalue weighted by Gasteiger charge is 2.12. The molecule has 0 spiro atoms. The number of thiazole rings is 1. The molecule has 0 amide bonds. The van der Waals surface area contributed by atoms with Crippen molar-refractivity contribution in [1.29, 1.82) is 0 Å². The number of aromatic nitrogens is 5. The van der Waals surface area contributed by atoms with Gasteiger partial charge < -0.3 is 4.42 Å². The van der Waals surface area contributed by atoms with Crippen LogP contribution in [0.4, 0.5) is 0 Å². The van der Waals surface area contributed by atoms with E-state index in [4.69, 9.17) is 4.42 Å². The fourth-order valence-electron chi connectivity index (χ4n) is 1.49. The Kier molecular flexibility index (Phi) is 4.08. The molecule has 0 fully saturated rings. The first-order chi connectivity index (χ1) is 9.72. The third-order valence-electron chi connectivity index (χ3n) is 2.39. The Morgan fingerprint density at radius 3 is 2.90 bits per heavy atom. The second-order valence-corrected chi connectivity index (χ2v) is 6.94. The highest BCUT2D eigenvalue weighted by Crippen LogP contribution is 2.28. The predicted molar refractivity (Wildman–Crippen MR) is 77.4 cm³/mol. The van der Waals surface area contributed by atoms with Gasteiger partial charge in [0.2, 0.25) is 5.89 Å². The zero-order valence-corrected chi connectivity index (χ0v) is 13.3. The molecule has 6 nitrogen and oxygen atoms in total. The van der Waals surface area contributed by atoms with Crippen LogP contribution in [0.2, 0.25) is 0 Å². The van der Waals surface area contributed by atoms with Crippen LogP contribution >= 0.6 is 34.6 Å². The van der Waals surface area contributed by atoms with Crippen LogP contribution in [0.3, 0.4) is 0 Å². The minimum atomic E-state index is 0.491. The standard InChI is InChI=1S/C11H11N5OS3/c1-3-8-13-11(20-16-8)19-10-15-14-9(17-10)4-7-5-18-6(2)12-7/h5H,3-4H2,1-2H3. The van der Waals surface area contributed by atoms with Crippen LogP contribution in [0.25, 0.3) is 0 Å². The SMILES string of the molecule is CCc1nsc(Sc2nnc(Cc3csc(C)n3)o2)n1. The summed E-state index contributed by atoms with van der Waals surface area (Å²) in [6.45, 7) is 4.00. The lowest BCUT2D eigenvalue weighted by atomic mass is 10.3. The molecule has 0 saturated heterocycles. The van der Waals surface area contributed by atoms with Crippen LogP contribution in [-0.2, 0) is 12.8 Å². The summed E-state index contributed by atoms with van der Waals surface area (Å²) in [6.07, 6.45) is 1.39. The Bertz CT molecular complexity index is 704. The van der Waals surface area contributed by atoms with Crippen molar-refractivity contribution in [3.8, 4) is 0 Å². The molecule has 0 atom stereocenters. The maximum absolute atomic E-state index is 5.59. The van der Waals surface area contributed by atoms with Crippen LogP contribution in [0.15, 0.2) is 19.4 Å². The van der Waals surface area contributed by atoms with E-state index in [-0.39, 0.29) is 0 Å². The molecule has 3 heterocycles. The molecule has 104 valence electrons. The first-order valence-electron chi connectivity index (χ1n) is 5.96. The van der Waals surface area contributed by atoms with E-state index in [9.17, 15) is 0 Å². The zero-order chi connectivity index (χ0) is 13.9. The molecule has 9 heteroatoms. The second-order valence-electron chi connectivity index (χ2n) is 3.93. The number of hydrogen-bond acceptors (Lipinski definition) is 9. The van der Waals surface area contributed by atoms with E-state index in [1.807, 2.05) is 19.2 Å². The van der Waals surface area contributed by atoms with Crippen molar-refractivity contribution in [2.24, 2.45) is 0 Å². The third kappa shape index (κ3) is 3.22. The van der Waals surface area contributed by atoms with Gasteiger partial charge in [-0.15, -0.1) is 21.5 Å². The topological polar surface area (TPSA) is 77.6 Å². The molecule has 0 N–H and O–H groups in total. The van der Waals surface area contributed by atoms with Gasteiger partial charge >= 0.3 is 0 Å². The Hall–Kier alpha value is -1.32. The van der Waals surface area contributed by atoms with Crippen molar-refractivity contribution in [2.45, 2.75) is 36.3 Å². The summed E-state index contributed by atoms with van der Waals surface area (Å²) in [5, 5.41) is 11.6. The number of rotatable bonds is 5. The maximum Gasteiger partial charge on any atom is 0.283 e. The van der Waals surface area contributed by atoms with Gasteiger partial charge in [0.25, 0.3) is 5.22 Å². The lowest BCUT2D eigenvalue weighted by molar-refractivity contribution is 0.419. The molecule has 0 aliphatic carbocycles. The number of nitrogens with zero attached hydrogens (tertiary/aromatic N) is 5. The summed E-state index contributed by atoms with van der Waals surface area (Å²) in [5.41, 5.74) is 0.955. The van der Waals surface area contributed by atoms with Gasteiger partial charge in [-0.1, -0.05) is 6.92 Å².